The molecule has 1 saturated heterocycles. The van der Waals surface area contributed by atoms with E-state index in [1.807, 2.05) is 0 Å². The average Bonchev–Trinajstić information content (AvgIpc) is 3.36. The molecule has 3 aliphatic rings. The van der Waals surface area contributed by atoms with E-state index in [1.54, 1.807) is 18.2 Å². The van der Waals surface area contributed by atoms with Crippen LogP contribution in [-0.2, 0) is 21.9 Å². The molecule has 8 nitrogen and oxygen atoms in total. The topological polar surface area (TPSA) is 105 Å². The molecule has 1 aliphatic heterocycles. The first-order valence-corrected chi connectivity index (χ1v) is 13.0. The van der Waals surface area contributed by atoms with Gasteiger partial charge in [0.1, 0.15) is 10.6 Å². The lowest BCUT2D eigenvalue weighted by molar-refractivity contribution is 0.195. The summed E-state index contributed by atoms with van der Waals surface area (Å²) in [7, 11) is -2.48. The molecule has 2 fully saturated rings. The SMILES string of the molecule is COc1ccccc1S(=O)(=O)Nc1noc2c1CC1(CC1)c1ccc(N3C[C@H](O)C[C@H]3C)cc1-2. The first-order chi connectivity index (χ1) is 16.3. The van der Waals surface area contributed by atoms with Gasteiger partial charge in [-0.2, -0.15) is 0 Å². The van der Waals surface area contributed by atoms with Crippen LogP contribution in [0.25, 0.3) is 11.3 Å². The number of methoxy groups -OCH3 is 1. The summed E-state index contributed by atoms with van der Waals surface area (Å²) in [6.45, 7) is 2.71. The van der Waals surface area contributed by atoms with E-state index in [9.17, 15) is 13.5 Å². The van der Waals surface area contributed by atoms with Crippen LogP contribution in [0.2, 0.25) is 0 Å². The Morgan fingerprint density at radius 3 is 2.74 bits per heavy atom. The molecule has 2 aromatic carbocycles. The van der Waals surface area contributed by atoms with E-state index >= 15 is 0 Å². The first kappa shape index (κ1) is 21.5. The van der Waals surface area contributed by atoms with Gasteiger partial charge in [0.15, 0.2) is 11.6 Å². The summed E-state index contributed by atoms with van der Waals surface area (Å²) < 4.78 is 40.0. The Hall–Kier alpha value is -3.04. The van der Waals surface area contributed by atoms with Crippen molar-refractivity contribution in [2.45, 2.75) is 55.1 Å². The average molecular weight is 482 g/mol. The van der Waals surface area contributed by atoms with Gasteiger partial charge in [-0.15, -0.1) is 0 Å². The van der Waals surface area contributed by atoms with E-state index < -0.39 is 10.0 Å². The zero-order valence-electron chi connectivity index (χ0n) is 19.1. The van der Waals surface area contributed by atoms with E-state index in [4.69, 9.17) is 9.26 Å². The highest BCUT2D eigenvalue weighted by molar-refractivity contribution is 7.92. The van der Waals surface area contributed by atoms with Crippen LogP contribution in [0.1, 0.15) is 37.3 Å². The second-order valence-corrected chi connectivity index (χ2v) is 11.3. The fourth-order valence-electron chi connectivity index (χ4n) is 5.54. The van der Waals surface area contributed by atoms with Crippen molar-refractivity contribution < 1.29 is 22.8 Å². The summed E-state index contributed by atoms with van der Waals surface area (Å²) >= 11 is 0. The molecule has 2 atom stereocenters. The Kier molecular flexibility index (Phi) is 4.73. The highest BCUT2D eigenvalue weighted by Crippen LogP contribution is 2.59. The number of anilines is 2. The predicted octanol–water partition coefficient (Wildman–Crippen LogP) is 3.70. The minimum absolute atomic E-state index is 0.00676. The van der Waals surface area contributed by atoms with Crippen LogP contribution >= 0.6 is 0 Å². The molecule has 1 spiro atoms. The van der Waals surface area contributed by atoms with Crippen LogP contribution in [-0.4, -0.2) is 44.5 Å². The number of hydrogen-bond donors (Lipinski definition) is 2. The molecular formula is C25H27N3O5S. The van der Waals surface area contributed by atoms with E-state index in [1.165, 1.54) is 18.7 Å². The maximum absolute atomic E-state index is 13.2. The minimum atomic E-state index is -3.92. The number of rotatable bonds is 5. The van der Waals surface area contributed by atoms with Gasteiger partial charge in [0, 0.05) is 34.8 Å². The molecule has 6 rings (SSSR count). The smallest absolute Gasteiger partial charge is 0.266 e. The van der Waals surface area contributed by atoms with Crippen molar-refractivity contribution in [3.05, 3.63) is 53.6 Å². The summed E-state index contributed by atoms with van der Waals surface area (Å²) in [4.78, 5) is 2.26. The van der Waals surface area contributed by atoms with Crippen molar-refractivity contribution in [1.82, 2.24) is 5.16 Å². The summed E-state index contributed by atoms with van der Waals surface area (Å²) in [5.74, 6) is 1.11. The molecule has 2 N–H and O–H groups in total. The van der Waals surface area contributed by atoms with Crippen LogP contribution in [0.4, 0.5) is 11.5 Å². The van der Waals surface area contributed by atoms with Gasteiger partial charge in [0.2, 0.25) is 0 Å². The maximum atomic E-state index is 13.2. The summed E-state index contributed by atoms with van der Waals surface area (Å²) in [5.41, 5.74) is 3.99. The van der Waals surface area contributed by atoms with E-state index in [0.29, 0.717) is 18.7 Å². The summed E-state index contributed by atoms with van der Waals surface area (Å²) in [5, 5.41) is 14.3. The molecule has 34 heavy (non-hydrogen) atoms. The number of benzene rings is 2. The Labute approximate surface area is 198 Å². The molecule has 1 saturated carbocycles. The number of fused-ring (bicyclic) bond motifs is 4. The molecule has 0 radical (unpaired) electrons. The number of sulfonamides is 1. The zero-order valence-corrected chi connectivity index (χ0v) is 19.9. The van der Waals surface area contributed by atoms with Gasteiger partial charge in [-0.1, -0.05) is 23.4 Å². The van der Waals surface area contributed by atoms with Crippen LogP contribution < -0.4 is 14.4 Å². The van der Waals surface area contributed by atoms with Gasteiger partial charge in [-0.05, 0) is 62.4 Å². The van der Waals surface area contributed by atoms with Gasteiger partial charge in [-0.25, -0.2) is 8.42 Å². The fraction of sp³-hybridized carbons (Fsp3) is 0.400. The van der Waals surface area contributed by atoms with Gasteiger partial charge in [0.25, 0.3) is 10.0 Å². The quantitative estimate of drug-likeness (QED) is 0.573. The number of aromatic nitrogens is 1. The van der Waals surface area contributed by atoms with Crippen molar-refractivity contribution in [3.8, 4) is 17.1 Å². The Bertz CT molecular complexity index is 1380. The number of hydrogen-bond acceptors (Lipinski definition) is 7. The fourth-order valence-corrected chi connectivity index (χ4v) is 6.74. The summed E-state index contributed by atoms with van der Waals surface area (Å²) in [6.07, 6.45) is 3.17. The normalized spacial score (nSPS) is 22.4. The lowest BCUT2D eigenvalue weighted by atomic mass is 9.79. The molecule has 3 aromatic rings. The molecule has 0 unspecified atom stereocenters. The third-order valence-electron chi connectivity index (χ3n) is 7.45. The highest BCUT2D eigenvalue weighted by Gasteiger charge is 2.51. The maximum Gasteiger partial charge on any atom is 0.266 e. The predicted molar refractivity (Wildman–Crippen MR) is 128 cm³/mol. The molecule has 0 amide bonds. The first-order valence-electron chi connectivity index (χ1n) is 11.6. The molecule has 0 bridgehead atoms. The van der Waals surface area contributed by atoms with Gasteiger partial charge >= 0.3 is 0 Å². The lowest BCUT2D eigenvalue weighted by Crippen LogP contribution is -2.27. The zero-order chi connectivity index (χ0) is 23.7. The third kappa shape index (κ3) is 3.29. The molecule has 178 valence electrons. The Balaban J connectivity index is 1.40. The number of aliphatic hydroxyl groups is 1. The van der Waals surface area contributed by atoms with Crippen molar-refractivity contribution in [2.24, 2.45) is 0 Å². The number of β-amino-alcohol motifs (C(OH)–C–C–N with tert-alkyl or cyclic N) is 1. The number of nitrogens with zero attached hydrogens (tertiary/aromatic N) is 2. The number of para-hydroxylation sites is 1. The van der Waals surface area contributed by atoms with Gasteiger partial charge in [-0.3, -0.25) is 4.72 Å². The molecule has 1 aromatic heterocycles. The van der Waals surface area contributed by atoms with Crippen LogP contribution in [0.3, 0.4) is 0 Å². The Morgan fingerprint density at radius 1 is 1.24 bits per heavy atom. The molecule has 9 heteroatoms. The van der Waals surface area contributed by atoms with E-state index in [-0.39, 0.29) is 34.0 Å². The number of ether oxygens (including phenoxy) is 1. The van der Waals surface area contributed by atoms with Crippen LogP contribution in [0, 0.1) is 0 Å². The molecule has 2 heterocycles. The van der Waals surface area contributed by atoms with E-state index in [0.717, 1.165) is 36.1 Å². The Morgan fingerprint density at radius 2 is 2.03 bits per heavy atom. The monoisotopic (exact) mass is 481 g/mol. The lowest BCUT2D eigenvalue weighted by Gasteiger charge is -2.28. The van der Waals surface area contributed by atoms with Crippen molar-refractivity contribution in [1.29, 1.82) is 0 Å². The van der Waals surface area contributed by atoms with Crippen LogP contribution in [0.15, 0.2) is 51.9 Å². The standard InChI is InChI=1S/C25H27N3O5S/c1-15-11-17(29)14-28(15)16-7-8-20-18(12-16)23-19(13-25(20)9-10-25)24(26-33-23)27-34(30,31)22-6-4-3-5-21(22)32-2/h3-8,12,15,17,29H,9-11,13-14H2,1-2H3,(H,26,27)/t15-,17-/m1/s1. The summed E-state index contributed by atoms with van der Waals surface area (Å²) in [6, 6.07) is 13.1. The van der Waals surface area contributed by atoms with Gasteiger partial charge in [0.05, 0.1) is 13.2 Å². The molecule has 2 aliphatic carbocycles. The van der Waals surface area contributed by atoms with Crippen LogP contribution in [0.5, 0.6) is 5.75 Å². The van der Waals surface area contributed by atoms with E-state index in [2.05, 4.69) is 39.9 Å². The van der Waals surface area contributed by atoms with Crippen molar-refractivity contribution in [2.75, 3.05) is 23.3 Å². The van der Waals surface area contributed by atoms with Gasteiger partial charge < -0.3 is 19.3 Å². The molecular weight excluding hydrogens is 454 g/mol. The largest absolute Gasteiger partial charge is 0.495 e. The van der Waals surface area contributed by atoms with Crippen molar-refractivity contribution >= 4 is 21.5 Å². The second-order valence-electron chi connectivity index (χ2n) is 9.67. The second kappa shape index (κ2) is 7.48. The highest BCUT2D eigenvalue weighted by atomic mass is 32.2. The third-order valence-corrected chi connectivity index (χ3v) is 8.83. The minimum Gasteiger partial charge on any atom is -0.495 e. The number of nitrogens with one attached hydrogen (secondary N) is 1. The van der Waals surface area contributed by atoms with Crippen molar-refractivity contribution in [3.63, 3.8) is 0 Å². The number of aliphatic hydroxyl groups excluding tert-OH is 1.